The zero-order chi connectivity index (χ0) is 30.6. The number of allylic oxidation sites excluding steroid dienone is 3. The molecule has 6 unspecified atom stereocenters. The Bertz CT molecular complexity index is 1560. The summed E-state index contributed by atoms with van der Waals surface area (Å²) in [7, 11) is 0. The molecule has 7 rings (SSSR count). The number of ether oxygens (including phenoxy) is 1. The maximum Gasteiger partial charge on any atom is 0.325 e. The minimum Gasteiger partial charge on any atom is -0.461 e. The van der Waals surface area contributed by atoms with E-state index in [4.69, 9.17) is 4.74 Å². The second kappa shape index (κ2) is 10.8. The van der Waals surface area contributed by atoms with Crippen LogP contribution in [-0.4, -0.2) is 52.8 Å². The Morgan fingerprint density at radius 1 is 0.955 bits per heavy atom. The molecule has 44 heavy (non-hydrogen) atoms. The molecule has 0 bridgehead atoms. The minimum absolute atomic E-state index is 0.116. The van der Waals surface area contributed by atoms with Crippen molar-refractivity contribution in [3.8, 4) is 0 Å². The van der Waals surface area contributed by atoms with E-state index >= 15 is 0 Å². The second-order valence-electron chi connectivity index (χ2n) is 13.7. The number of esters is 1. The fourth-order valence-corrected chi connectivity index (χ4v) is 9.25. The van der Waals surface area contributed by atoms with Gasteiger partial charge in [-0.3, -0.25) is 29.1 Å². The van der Waals surface area contributed by atoms with Crippen LogP contribution in [0.1, 0.15) is 85.1 Å². The molecule has 1 aromatic heterocycles. The number of nitrogens with one attached hydrogen (secondary N) is 1. The largest absolute Gasteiger partial charge is 0.461 e. The smallest absolute Gasteiger partial charge is 0.325 e. The molecular weight excluding hydrogens is 554 g/mol. The van der Waals surface area contributed by atoms with E-state index in [0.717, 1.165) is 37.0 Å². The van der Waals surface area contributed by atoms with Crippen molar-refractivity contribution < 1.29 is 23.9 Å². The molecule has 0 saturated heterocycles. The van der Waals surface area contributed by atoms with E-state index in [-0.39, 0.29) is 34.6 Å². The van der Waals surface area contributed by atoms with Gasteiger partial charge in [-0.1, -0.05) is 49.8 Å². The zero-order valence-electron chi connectivity index (χ0n) is 25.4. The van der Waals surface area contributed by atoms with Crippen LogP contribution in [0.4, 0.5) is 0 Å². The fraction of sp³-hybridized carbons (Fsp3) is 0.472. The van der Waals surface area contributed by atoms with Gasteiger partial charge in [-0.2, -0.15) is 0 Å². The van der Waals surface area contributed by atoms with Gasteiger partial charge in [0, 0.05) is 18.8 Å². The van der Waals surface area contributed by atoms with Gasteiger partial charge in [0.15, 0.2) is 0 Å². The first-order chi connectivity index (χ1) is 21.2. The average molecular weight is 594 g/mol. The molecule has 1 aromatic carbocycles. The lowest BCUT2D eigenvalue weighted by Crippen LogP contribution is -2.50. The molecule has 5 aliphatic rings. The van der Waals surface area contributed by atoms with E-state index in [1.165, 1.54) is 29.6 Å². The molecule has 4 aliphatic carbocycles. The highest BCUT2D eigenvalue weighted by Gasteiger charge is 2.57. The maximum atomic E-state index is 12.7. The van der Waals surface area contributed by atoms with Gasteiger partial charge in [0.05, 0.1) is 11.1 Å². The molecule has 2 saturated carbocycles. The molecule has 8 heteroatoms. The van der Waals surface area contributed by atoms with Gasteiger partial charge in [0.2, 0.25) is 5.91 Å². The number of benzene rings is 1. The van der Waals surface area contributed by atoms with Crippen LogP contribution >= 0.6 is 0 Å². The molecule has 228 valence electrons. The van der Waals surface area contributed by atoms with Crippen LogP contribution in [0.3, 0.4) is 0 Å². The van der Waals surface area contributed by atoms with Gasteiger partial charge in [-0.15, -0.1) is 0 Å². The van der Waals surface area contributed by atoms with Crippen molar-refractivity contribution in [3.63, 3.8) is 0 Å². The quantitative estimate of drug-likeness (QED) is 0.275. The minimum atomic E-state index is -0.578. The molecule has 1 aliphatic heterocycles. The summed E-state index contributed by atoms with van der Waals surface area (Å²) < 4.78 is 5.83. The van der Waals surface area contributed by atoms with Crippen molar-refractivity contribution in [1.29, 1.82) is 0 Å². The third kappa shape index (κ3) is 4.61. The lowest BCUT2D eigenvalue weighted by Gasteiger charge is -2.57. The van der Waals surface area contributed by atoms with E-state index < -0.39 is 30.2 Å². The SMILES string of the molecule is CC12CCC(OC(=O)CNC(=O)CN3C(=O)c4ccccc4C3=O)CC1=CCC1C2CCC2(C)C(c3cccnc3)=CCC12. The van der Waals surface area contributed by atoms with Crippen molar-refractivity contribution in [3.05, 3.63) is 83.2 Å². The summed E-state index contributed by atoms with van der Waals surface area (Å²) in [6.45, 7) is 4.17. The molecule has 2 aromatic rings. The third-order valence-corrected chi connectivity index (χ3v) is 11.5. The van der Waals surface area contributed by atoms with Gasteiger partial charge in [0.1, 0.15) is 19.2 Å². The number of hydrogen-bond donors (Lipinski definition) is 1. The van der Waals surface area contributed by atoms with Crippen molar-refractivity contribution in [1.82, 2.24) is 15.2 Å². The standard InChI is InChI=1S/C36H39N3O5/c1-35-15-13-24(44-32(41)20-38-31(40)21-39-33(42)25-7-3-4-8-26(25)34(39)43)18-23(35)9-10-27-29-12-11-28(22-6-5-17-37-19-22)36(29,2)16-14-30(27)35/h3-9,11,17,19,24,27,29-30H,10,12-16,18,20-21H2,1-2H3,(H,38,40). The van der Waals surface area contributed by atoms with Crippen molar-refractivity contribution in [2.45, 2.75) is 64.9 Å². The molecule has 2 heterocycles. The molecule has 2 fully saturated rings. The topological polar surface area (TPSA) is 106 Å². The number of nitrogens with zero attached hydrogens (tertiary/aromatic N) is 2. The Kier molecular flexibility index (Phi) is 7.06. The fourth-order valence-electron chi connectivity index (χ4n) is 9.25. The Morgan fingerprint density at radius 2 is 1.70 bits per heavy atom. The third-order valence-electron chi connectivity index (χ3n) is 11.5. The number of hydrogen-bond acceptors (Lipinski definition) is 6. The molecule has 3 amide bonds. The van der Waals surface area contributed by atoms with Gasteiger partial charge in [-0.25, -0.2) is 0 Å². The van der Waals surface area contributed by atoms with Gasteiger partial charge < -0.3 is 10.1 Å². The molecule has 1 N–H and O–H groups in total. The molecule has 0 radical (unpaired) electrons. The lowest BCUT2D eigenvalue weighted by molar-refractivity contribution is -0.151. The van der Waals surface area contributed by atoms with Crippen molar-refractivity contribution in [2.75, 3.05) is 13.1 Å². The Balaban J connectivity index is 0.938. The number of carbonyl (C=O) groups excluding carboxylic acids is 4. The second-order valence-corrected chi connectivity index (χ2v) is 13.7. The van der Waals surface area contributed by atoms with Crippen molar-refractivity contribution in [2.24, 2.45) is 28.6 Å². The van der Waals surface area contributed by atoms with Gasteiger partial charge in [0.25, 0.3) is 11.8 Å². The number of fused-ring (bicyclic) bond motifs is 6. The predicted molar refractivity (Wildman–Crippen MR) is 164 cm³/mol. The van der Waals surface area contributed by atoms with E-state index in [0.29, 0.717) is 17.8 Å². The maximum absolute atomic E-state index is 12.7. The van der Waals surface area contributed by atoms with Crippen LogP contribution < -0.4 is 5.32 Å². The number of imide groups is 1. The highest BCUT2D eigenvalue weighted by Crippen LogP contribution is 2.66. The zero-order valence-corrected chi connectivity index (χ0v) is 25.4. The first-order valence-corrected chi connectivity index (χ1v) is 15.9. The number of aromatic nitrogens is 1. The van der Waals surface area contributed by atoms with Crippen LogP contribution in [0.2, 0.25) is 0 Å². The monoisotopic (exact) mass is 593 g/mol. The summed E-state index contributed by atoms with van der Waals surface area (Å²) in [5.74, 6) is -0.187. The molecular formula is C36H39N3O5. The molecule has 8 nitrogen and oxygen atoms in total. The van der Waals surface area contributed by atoms with E-state index in [1.54, 1.807) is 24.3 Å². The number of rotatable bonds is 6. The first-order valence-electron chi connectivity index (χ1n) is 15.9. The van der Waals surface area contributed by atoms with Crippen LogP contribution in [0.5, 0.6) is 0 Å². The summed E-state index contributed by atoms with van der Waals surface area (Å²) in [6.07, 6.45) is 15.6. The van der Waals surface area contributed by atoms with Gasteiger partial charge >= 0.3 is 5.97 Å². The summed E-state index contributed by atoms with van der Waals surface area (Å²) in [5, 5.41) is 2.52. The van der Waals surface area contributed by atoms with Gasteiger partial charge in [-0.05, 0) is 96.4 Å². The normalized spacial score (nSPS) is 32.1. The molecule has 6 atom stereocenters. The number of carbonyl (C=O) groups is 4. The first kappa shape index (κ1) is 28.7. The van der Waals surface area contributed by atoms with Crippen LogP contribution in [0.25, 0.3) is 5.57 Å². The number of pyridine rings is 1. The predicted octanol–water partition coefficient (Wildman–Crippen LogP) is 5.36. The van der Waals surface area contributed by atoms with E-state index in [2.05, 4.69) is 42.4 Å². The van der Waals surface area contributed by atoms with Crippen LogP contribution in [-0.2, 0) is 14.3 Å². The molecule has 0 spiro atoms. The number of amides is 3. The average Bonchev–Trinajstić information content (AvgIpc) is 3.50. The Labute approximate surface area is 257 Å². The highest BCUT2D eigenvalue weighted by molar-refractivity contribution is 6.22. The lowest BCUT2D eigenvalue weighted by atomic mass is 9.47. The highest BCUT2D eigenvalue weighted by atomic mass is 16.5. The Hall–Kier alpha value is -4.07. The Morgan fingerprint density at radius 3 is 2.43 bits per heavy atom. The van der Waals surface area contributed by atoms with E-state index in [9.17, 15) is 19.2 Å². The summed E-state index contributed by atoms with van der Waals surface area (Å²) >= 11 is 0. The summed E-state index contributed by atoms with van der Waals surface area (Å²) in [5.41, 5.74) is 5.02. The van der Waals surface area contributed by atoms with Crippen LogP contribution in [0.15, 0.2) is 66.5 Å². The van der Waals surface area contributed by atoms with Crippen molar-refractivity contribution >= 4 is 29.3 Å². The van der Waals surface area contributed by atoms with E-state index in [1.807, 2.05) is 18.5 Å². The van der Waals surface area contributed by atoms with Crippen LogP contribution in [0, 0.1) is 28.6 Å². The summed E-state index contributed by atoms with van der Waals surface area (Å²) in [6, 6.07) is 10.7. The summed E-state index contributed by atoms with van der Waals surface area (Å²) in [4.78, 5) is 55.6.